The maximum Gasteiger partial charge on any atom is 0.242 e. The van der Waals surface area contributed by atoms with Crippen molar-refractivity contribution in [2.45, 2.75) is 25.3 Å². The highest BCUT2D eigenvalue weighted by molar-refractivity contribution is 6.99. The van der Waals surface area contributed by atoms with Gasteiger partial charge in [0.2, 0.25) is 5.91 Å². The minimum atomic E-state index is -0.167. The van der Waals surface area contributed by atoms with Crippen LogP contribution in [0.4, 0.5) is 5.82 Å². The molecule has 0 aliphatic carbocycles. The number of halogens is 1. The standard InChI is InChI=1S/C9H13ClN4OS/c1-11-9(15)6-4-2-3-5-14(6)8-7(10)12-16-13-8/h6H,2-5H2,1H3,(H,11,15). The lowest BCUT2D eigenvalue weighted by Gasteiger charge is -2.34. The van der Waals surface area contributed by atoms with E-state index in [-0.39, 0.29) is 11.9 Å². The summed E-state index contributed by atoms with van der Waals surface area (Å²) in [6.45, 7) is 0.809. The zero-order chi connectivity index (χ0) is 11.5. The molecule has 5 nitrogen and oxygen atoms in total. The van der Waals surface area contributed by atoms with Gasteiger partial charge in [0.25, 0.3) is 0 Å². The van der Waals surface area contributed by atoms with E-state index in [4.69, 9.17) is 11.6 Å². The van der Waals surface area contributed by atoms with E-state index in [2.05, 4.69) is 14.1 Å². The number of nitrogens with zero attached hydrogens (tertiary/aromatic N) is 3. The monoisotopic (exact) mass is 260 g/mol. The van der Waals surface area contributed by atoms with Crippen LogP contribution >= 0.6 is 23.3 Å². The molecule has 1 amide bonds. The predicted octanol–water partition coefficient (Wildman–Crippen LogP) is 1.30. The Morgan fingerprint density at radius 1 is 1.56 bits per heavy atom. The van der Waals surface area contributed by atoms with Gasteiger partial charge in [-0.05, 0) is 19.3 Å². The zero-order valence-electron chi connectivity index (χ0n) is 8.94. The van der Waals surface area contributed by atoms with Crippen molar-refractivity contribution in [3.8, 4) is 0 Å². The van der Waals surface area contributed by atoms with Crippen molar-refractivity contribution in [3.63, 3.8) is 0 Å². The van der Waals surface area contributed by atoms with Gasteiger partial charge < -0.3 is 10.2 Å². The number of likely N-dealkylation sites (N-methyl/N-ethyl adjacent to an activating group) is 1. The molecular formula is C9H13ClN4OS. The van der Waals surface area contributed by atoms with Gasteiger partial charge in [0.05, 0.1) is 11.7 Å². The zero-order valence-corrected chi connectivity index (χ0v) is 10.5. The fourth-order valence-corrected chi connectivity index (χ4v) is 2.72. The van der Waals surface area contributed by atoms with Crippen LogP contribution in [-0.2, 0) is 4.79 Å². The molecule has 0 saturated carbocycles. The highest BCUT2D eigenvalue weighted by Crippen LogP contribution is 2.29. The Morgan fingerprint density at radius 3 is 3.00 bits per heavy atom. The Bertz CT molecular complexity index is 383. The summed E-state index contributed by atoms with van der Waals surface area (Å²) in [5, 5.41) is 3.07. The smallest absolute Gasteiger partial charge is 0.242 e. The van der Waals surface area contributed by atoms with Crippen molar-refractivity contribution in [2.24, 2.45) is 0 Å². The largest absolute Gasteiger partial charge is 0.357 e. The fraction of sp³-hybridized carbons (Fsp3) is 0.667. The first-order chi connectivity index (χ1) is 7.74. The molecule has 1 aliphatic heterocycles. The number of hydrogen-bond acceptors (Lipinski definition) is 5. The molecule has 88 valence electrons. The van der Waals surface area contributed by atoms with E-state index < -0.39 is 0 Å². The number of nitrogens with one attached hydrogen (secondary N) is 1. The van der Waals surface area contributed by atoms with E-state index in [1.807, 2.05) is 4.90 Å². The Hall–Kier alpha value is -0.880. The van der Waals surface area contributed by atoms with Gasteiger partial charge in [-0.3, -0.25) is 4.79 Å². The molecular weight excluding hydrogens is 248 g/mol. The lowest BCUT2D eigenvalue weighted by Crippen LogP contribution is -2.49. The normalized spacial score (nSPS) is 20.9. The Kier molecular flexibility index (Phi) is 3.60. The summed E-state index contributed by atoms with van der Waals surface area (Å²) in [7, 11) is 1.65. The molecule has 1 aromatic heterocycles. The predicted molar refractivity (Wildman–Crippen MR) is 64.0 cm³/mol. The average Bonchev–Trinajstić information content (AvgIpc) is 2.74. The molecule has 2 rings (SSSR count). The molecule has 1 aromatic rings. The molecule has 1 atom stereocenters. The third kappa shape index (κ3) is 2.12. The fourth-order valence-electron chi connectivity index (χ4n) is 1.97. The maximum atomic E-state index is 11.7. The van der Waals surface area contributed by atoms with E-state index in [0.717, 1.165) is 37.5 Å². The Labute approximate surface area is 103 Å². The van der Waals surface area contributed by atoms with Crippen LogP contribution in [0.3, 0.4) is 0 Å². The quantitative estimate of drug-likeness (QED) is 0.871. The second-order valence-corrected chi connectivity index (χ2v) is 4.58. The first-order valence-corrected chi connectivity index (χ1v) is 6.31. The highest BCUT2D eigenvalue weighted by atomic mass is 35.5. The molecule has 1 saturated heterocycles. The van der Waals surface area contributed by atoms with Crippen LogP contribution in [0.1, 0.15) is 19.3 Å². The summed E-state index contributed by atoms with van der Waals surface area (Å²) in [5.41, 5.74) is 0. The number of rotatable bonds is 2. The molecule has 0 radical (unpaired) electrons. The summed E-state index contributed by atoms with van der Waals surface area (Å²) in [4.78, 5) is 13.7. The third-order valence-corrected chi connectivity index (χ3v) is 3.63. The van der Waals surface area contributed by atoms with Crippen molar-refractivity contribution < 1.29 is 4.79 Å². The van der Waals surface area contributed by atoms with E-state index in [9.17, 15) is 4.79 Å². The minimum absolute atomic E-state index is 0.0174. The molecule has 1 fully saturated rings. The number of aromatic nitrogens is 2. The SMILES string of the molecule is CNC(=O)C1CCCCN1c1nsnc1Cl. The van der Waals surface area contributed by atoms with Crippen molar-refractivity contribution in [1.29, 1.82) is 0 Å². The summed E-state index contributed by atoms with van der Waals surface area (Å²) in [5.74, 6) is 0.656. The number of amides is 1. The second-order valence-electron chi connectivity index (χ2n) is 3.70. The molecule has 2 heterocycles. The Balaban J connectivity index is 2.23. The number of carbonyl (C=O) groups excluding carboxylic acids is 1. The number of carbonyl (C=O) groups is 1. The first kappa shape index (κ1) is 11.6. The third-order valence-electron chi connectivity index (χ3n) is 2.76. The van der Waals surface area contributed by atoms with Crippen LogP contribution in [0.25, 0.3) is 0 Å². The van der Waals surface area contributed by atoms with Gasteiger partial charge in [0.1, 0.15) is 6.04 Å². The molecule has 0 aromatic carbocycles. The van der Waals surface area contributed by atoms with Gasteiger partial charge in [0, 0.05) is 13.6 Å². The Morgan fingerprint density at radius 2 is 2.38 bits per heavy atom. The van der Waals surface area contributed by atoms with E-state index in [1.165, 1.54) is 0 Å². The summed E-state index contributed by atoms with van der Waals surface area (Å²) < 4.78 is 8.08. The summed E-state index contributed by atoms with van der Waals surface area (Å²) in [6, 6.07) is -0.167. The van der Waals surface area contributed by atoms with Crippen LogP contribution in [0, 0.1) is 0 Å². The van der Waals surface area contributed by atoms with Crippen LogP contribution in [0.5, 0.6) is 0 Å². The molecule has 0 spiro atoms. The van der Waals surface area contributed by atoms with Crippen molar-refractivity contribution in [1.82, 2.24) is 14.1 Å². The van der Waals surface area contributed by atoms with E-state index in [0.29, 0.717) is 11.0 Å². The molecule has 7 heteroatoms. The molecule has 1 unspecified atom stereocenters. The lowest BCUT2D eigenvalue weighted by molar-refractivity contribution is -0.122. The van der Waals surface area contributed by atoms with Gasteiger partial charge in [-0.15, -0.1) is 0 Å². The van der Waals surface area contributed by atoms with Crippen LogP contribution in [0.15, 0.2) is 0 Å². The van der Waals surface area contributed by atoms with Gasteiger partial charge in [-0.2, -0.15) is 8.75 Å². The van der Waals surface area contributed by atoms with Crippen LogP contribution in [0.2, 0.25) is 5.15 Å². The van der Waals surface area contributed by atoms with E-state index >= 15 is 0 Å². The molecule has 0 bridgehead atoms. The van der Waals surface area contributed by atoms with Gasteiger partial charge in [0.15, 0.2) is 11.0 Å². The van der Waals surface area contributed by atoms with Crippen LogP contribution in [-0.4, -0.2) is 34.3 Å². The van der Waals surface area contributed by atoms with Crippen molar-refractivity contribution >= 4 is 35.1 Å². The number of anilines is 1. The maximum absolute atomic E-state index is 11.7. The average molecular weight is 261 g/mol. The topological polar surface area (TPSA) is 58.1 Å². The van der Waals surface area contributed by atoms with Gasteiger partial charge in [-0.25, -0.2) is 0 Å². The van der Waals surface area contributed by atoms with Crippen molar-refractivity contribution in [3.05, 3.63) is 5.15 Å². The molecule has 16 heavy (non-hydrogen) atoms. The molecule has 1 aliphatic rings. The number of hydrogen-bond donors (Lipinski definition) is 1. The van der Waals surface area contributed by atoms with E-state index in [1.54, 1.807) is 7.05 Å². The highest BCUT2D eigenvalue weighted by Gasteiger charge is 2.30. The first-order valence-electron chi connectivity index (χ1n) is 5.20. The van der Waals surface area contributed by atoms with Crippen LogP contribution < -0.4 is 10.2 Å². The van der Waals surface area contributed by atoms with Gasteiger partial charge in [-0.1, -0.05) is 11.6 Å². The van der Waals surface area contributed by atoms with Gasteiger partial charge >= 0.3 is 0 Å². The lowest BCUT2D eigenvalue weighted by atomic mass is 10.0. The minimum Gasteiger partial charge on any atom is -0.357 e. The molecule has 1 N–H and O–H groups in total. The van der Waals surface area contributed by atoms with Crippen molar-refractivity contribution in [2.75, 3.05) is 18.5 Å². The summed E-state index contributed by atoms with van der Waals surface area (Å²) >= 11 is 7.03. The second kappa shape index (κ2) is 4.97. The number of piperidine rings is 1. The summed E-state index contributed by atoms with van der Waals surface area (Å²) in [6.07, 6.45) is 2.96.